The van der Waals surface area contributed by atoms with E-state index in [9.17, 15) is 8.42 Å². The lowest BCUT2D eigenvalue weighted by molar-refractivity contribution is 0.370. The maximum atomic E-state index is 11.6. The second kappa shape index (κ2) is 6.68. The second-order valence-electron chi connectivity index (χ2n) is 4.32. The van der Waals surface area contributed by atoms with Crippen LogP contribution in [0.5, 0.6) is 0 Å². The predicted molar refractivity (Wildman–Crippen MR) is 64.8 cm³/mol. The second-order valence-corrected chi connectivity index (χ2v) is 6.43. The highest BCUT2D eigenvalue weighted by Gasteiger charge is 2.17. The third kappa shape index (κ3) is 8.02. The van der Waals surface area contributed by atoms with E-state index in [-0.39, 0.29) is 17.7 Å². The SMILES string of the molecule is CC(CCl)CS(=O)(=O)NC(C)CN(C)C. The minimum atomic E-state index is -3.20. The number of nitrogens with one attached hydrogen (secondary N) is 1. The Bertz CT molecular complexity index is 267. The van der Waals surface area contributed by atoms with Crippen molar-refractivity contribution in [3.05, 3.63) is 0 Å². The van der Waals surface area contributed by atoms with E-state index in [1.807, 2.05) is 32.8 Å². The molecule has 0 aromatic rings. The summed E-state index contributed by atoms with van der Waals surface area (Å²) in [6.07, 6.45) is 0. The van der Waals surface area contributed by atoms with Crippen molar-refractivity contribution in [3.63, 3.8) is 0 Å². The molecule has 0 amide bonds. The lowest BCUT2D eigenvalue weighted by Gasteiger charge is -2.19. The van der Waals surface area contributed by atoms with Gasteiger partial charge < -0.3 is 4.90 Å². The zero-order valence-electron chi connectivity index (χ0n) is 9.83. The minimum absolute atomic E-state index is 0.0178. The summed E-state index contributed by atoms with van der Waals surface area (Å²) >= 11 is 5.58. The van der Waals surface area contributed by atoms with Gasteiger partial charge in [0.05, 0.1) is 5.75 Å². The van der Waals surface area contributed by atoms with E-state index in [1.165, 1.54) is 0 Å². The maximum absolute atomic E-state index is 11.6. The van der Waals surface area contributed by atoms with Crippen LogP contribution in [-0.2, 0) is 10.0 Å². The molecular weight excluding hydrogens is 236 g/mol. The van der Waals surface area contributed by atoms with Gasteiger partial charge in [-0.3, -0.25) is 0 Å². The molecule has 0 aliphatic carbocycles. The Morgan fingerprint density at radius 3 is 2.27 bits per heavy atom. The molecule has 1 N–H and O–H groups in total. The maximum Gasteiger partial charge on any atom is 0.212 e. The first kappa shape index (κ1) is 15.2. The monoisotopic (exact) mass is 256 g/mol. The van der Waals surface area contributed by atoms with Gasteiger partial charge in [-0.2, -0.15) is 0 Å². The normalized spacial score (nSPS) is 16.7. The number of halogens is 1. The van der Waals surface area contributed by atoms with Gasteiger partial charge in [0.25, 0.3) is 0 Å². The van der Waals surface area contributed by atoms with E-state index < -0.39 is 10.0 Å². The van der Waals surface area contributed by atoms with E-state index in [0.717, 1.165) is 0 Å². The molecule has 0 aromatic heterocycles. The highest BCUT2D eigenvalue weighted by molar-refractivity contribution is 7.89. The molecule has 2 atom stereocenters. The van der Waals surface area contributed by atoms with E-state index >= 15 is 0 Å². The van der Waals surface area contributed by atoms with E-state index in [4.69, 9.17) is 11.6 Å². The third-order valence-electron chi connectivity index (χ3n) is 1.79. The first-order valence-electron chi connectivity index (χ1n) is 4.97. The molecule has 2 unspecified atom stereocenters. The molecule has 0 aliphatic heterocycles. The smallest absolute Gasteiger partial charge is 0.212 e. The first-order chi connectivity index (χ1) is 6.76. The Balaban J connectivity index is 4.14. The predicted octanol–water partition coefficient (Wildman–Crippen LogP) is 0.731. The summed E-state index contributed by atoms with van der Waals surface area (Å²) < 4.78 is 25.8. The summed E-state index contributed by atoms with van der Waals surface area (Å²) in [6.45, 7) is 4.36. The Labute approximate surface area is 98.0 Å². The van der Waals surface area contributed by atoms with Crippen LogP contribution >= 0.6 is 11.6 Å². The van der Waals surface area contributed by atoms with Crippen molar-refractivity contribution in [2.75, 3.05) is 32.3 Å². The molecule has 0 spiro atoms. The lowest BCUT2D eigenvalue weighted by atomic mass is 10.3. The van der Waals surface area contributed by atoms with Crippen molar-refractivity contribution >= 4 is 21.6 Å². The molecule has 0 radical (unpaired) electrons. The van der Waals surface area contributed by atoms with Crippen LogP contribution in [0.2, 0.25) is 0 Å². The number of rotatable bonds is 7. The molecule has 0 fully saturated rings. The Hall–Kier alpha value is 0.160. The van der Waals surface area contributed by atoms with Crippen molar-refractivity contribution < 1.29 is 8.42 Å². The van der Waals surface area contributed by atoms with Gasteiger partial charge in [0.1, 0.15) is 0 Å². The molecule has 0 aliphatic rings. The van der Waals surface area contributed by atoms with Crippen LogP contribution in [0.4, 0.5) is 0 Å². The Morgan fingerprint density at radius 2 is 1.87 bits per heavy atom. The van der Waals surface area contributed by atoms with E-state index in [0.29, 0.717) is 12.4 Å². The molecule has 0 rings (SSSR count). The average Bonchev–Trinajstić information content (AvgIpc) is 1.99. The van der Waals surface area contributed by atoms with E-state index in [2.05, 4.69) is 4.72 Å². The first-order valence-corrected chi connectivity index (χ1v) is 7.16. The van der Waals surface area contributed by atoms with Gasteiger partial charge in [-0.05, 0) is 26.9 Å². The molecular formula is C9H21ClN2O2S. The van der Waals surface area contributed by atoms with Crippen LogP contribution in [0.3, 0.4) is 0 Å². The fourth-order valence-electron chi connectivity index (χ4n) is 1.36. The fourth-order valence-corrected chi connectivity index (χ4v) is 3.25. The standard InChI is InChI=1S/C9H21ClN2O2S/c1-8(5-10)7-15(13,14)11-9(2)6-12(3)4/h8-9,11H,5-7H2,1-4H3. The quantitative estimate of drug-likeness (QED) is 0.684. The minimum Gasteiger partial charge on any atom is -0.308 e. The Kier molecular flexibility index (Phi) is 6.75. The Morgan fingerprint density at radius 1 is 1.33 bits per heavy atom. The number of hydrogen-bond acceptors (Lipinski definition) is 3. The van der Waals surface area contributed by atoms with Crippen molar-refractivity contribution in [3.8, 4) is 0 Å². The average molecular weight is 257 g/mol. The van der Waals surface area contributed by atoms with Crippen LogP contribution in [0.15, 0.2) is 0 Å². The van der Waals surface area contributed by atoms with Gasteiger partial charge in [0.2, 0.25) is 10.0 Å². The van der Waals surface area contributed by atoms with Crippen LogP contribution in [0.1, 0.15) is 13.8 Å². The number of likely N-dealkylation sites (N-methyl/N-ethyl adjacent to an activating group) is 1. The molecule has 92 valence electrons. The summed E-state index contributed by atoms with van der Waals surface area (Å²) in [6, 6.07) is -0.0764. The van der Waals surface area contributed by atoms with Gasteiger partial charge in [0, 0.05) is 18.5 Å². The van der Waals surface area contributed by atoms with Crippen LogP contribution in [0.25, 0.3) is 0 Å². The van der Waals surface area contributed by atoms with Gasteiger partial charge in [-0.15, -0.1) is 11.6 Å². The largest absolute Gasteiger partial charge is 0.308 e. The molecule has 0 aromatic carbocycles. The molecule has 15 heavy (non-hydrogen) atoms. The molecule has 4 nitrogen and oxygen atoms in total. The number of nitrogens with zero attached hydrogens (tertiary/aromatic N) is 1. The lowest BCUT2D eigenvalue weighted by Crippen LogP contribution is -2.41. The zero-order chi connectivity index (χ0) is 12.1. The van der Waals surface area contributed by atoms with Gasteiger partial charge in [-0.1, -0.05) is 6.92 Å². The summed E-state index contributed by atoms with van der Waals surface area (Å²) in [5.74, 6) is 0.438. The van der Waals surface area contributed by atoms with Crippen molar-refractivity contribution in [2.45, 2.75) is 19.9 Å². The summed E-state index contributed by atoms with van der Waals surface area (Å²) in [7, 11) is 0.619. The van der Waals surface area contributed by atoms with Crippen molar-refractivity contribution in [2.24, 2.45) is 5.92 Å². The number of hydrogen-bond donors (Lipinski definition) is 1. The third-order valence-corrected chi connectivity index (χ3v) is 4.08. The molecule has 0 saturated heterocycles. The highest BCUT2D eigenvalue weighted by Crippen LogP contribution is 2.03. The fraction of sp³-hybridized carbons (Fsp3) is 1.00. The highest BCUT2D eigenvalue weighted by atomic mass is 35.5. The van der Waals surface area contributed by atoms with Crippen LogP contribution in [0, 0.1) is 5.92 Å². The zero-order valence-corrected chi connectivity index (χ0v) is 11.4. The number of sulfonamides is 1. The van der Waals surface area contributed by atoms with E-state index in [1.54, 1.807) is 0 Å². The summed E-state index contributed by atoms with van der Waals surface area (Å²) in [4.78, 5) is 1.94. The number of alkyl halides is 1. The van der Waals surface area contributed by atoms with Crippen LogP contribution < -0.4 is 4.72 Å². The molecule has 0 heterocycles. The van der Waals surface area contributed by atoms with Crippen LogP contribution in [-0.4, -0.2) is 51.6 Å². The van der Waals surface area contributed by atoms with Gasteiger partial charge in [0.15, 0.2) is 0 Å². The molecule has 0 bridgehead atoms. The summed E-state index contributed by atoms with van der Waals surface area (Å²) in [5.41, 5.74) is 0. The molecule has 0 saturated carbocycles. The van der Waals surface area contributed by atoms with Crippen molar-refractivity contribution in [1.29, 1.82) is 0 Å². The van der Waals surface area contributed by atoms with Gasteiger partial charge in [-0.25, -0.2) is 13.1 Å². The van der Waals surface area contributed by atoms with Crippen molar-refractivity contribution in [1.82, 2.24) is 9.62 Å². The summed E-state index contributed by atoms with van der Waals surface area (Å²) in [5, 5.41) is 0. The molecule has 6 heteroatoms. The van der Waals surface area contributed by atoms with Gasteiger partial charge >= 0.3 is 0 Å². The topological polar surface area (TPSA) is 49.4 Å².